The molecule has 0 radical (unpaired) electrons. The second-order valence-corrected chi connectivity index (χ2v) is 12.4. The van der Waals surface area contributed by atoms with Gasteiger partial charge in [0.2, 0.25) is 5.91 Å². The summed E-state index contributed by atoms with van der Waals surface area (Å²) in [6.45, 7) is 8.57. The van der Waals surface area contributed by atoms with E-state index in [4.69, 9.17) is 14.7 Å². The summed E-state index contributed by atoms with van der Waals surface area (Å²) >= 11 is 0. The van der Waals surface area contributed by atoms with E-state index in [1.165, 1.54) is 11.6 Å². The Hall–Kier alpha value is -4.65. The molecule has 9 nitrogen and oxygen atoms in total. The lowest BCUT2D eigenvalue weighted by Gasteiger charge is -2.40. The van der Waals surface area contributed by atoms with Crippen molar-refractivity contribution in [2.24, 2.45) is 5.92 Å². The lowest BCUT2D eigenvalue weighted by atomic mass is 9.88. The number of piperidine rings is 1. The second kappa shape index (κ2) is 18.0. The fourth-order valence-electron chi connectivity index (χ4n) is 6.59. The first-order chi connectivity index (χ1) is 23.5. The average molecular weight is 650 g/mol. The molecule has 0 aromatic heterocycles. The standard InChI is InChI=1S/C39H47N5O4/c1-2-47-36-17-9-15-33(16-10-21-40)35(36)29-43-25-27-44(28-26-43)38(45)37(41-39(46)48-30-32-13-7-4-8-14-32)34-19-23-42(24-20-34)22-18-31-11-5-3-6-12-31/h3-17,34,37H,2,18-20,22-30H2,1H3,(H,41,46)/b16-10+/t37-/m1/s1. The third kappa shape index (κ3) is 9.93. The number of hydrogen-bond donors (Lipinski definition) is 1. The van der Waals surface area contributed by atoms with Gasteiger partial charge in [-0.2, -0.15) is 5.26 Å². The molecule has 0 bridgehead atoms. The molecule has 2 aliphatic heterocycles. The van der Waals surface area contributed by atoms with Crippen LogP contribution in [0.25, 0.3) is 6.08 Å². The zero-order chi connectivity index (χ0) is 33.6. The number of piperazine rings is 1. The van der Waals surface area contributed by atoms with Crippen molar-refractivity contribution in [1.82, 2.24) is 20.0 Å². The number of carbonyl (C=O) groups excluding carboxylic acids is 2. The Balaban J connectivity index is 1.21. The van der Waals surface area contributed by atoms with E-state index < -0.39 is 12.1 Å². The molecule has 2 heterocycles. The van der Waals surface area contributed by atoms with Gasteiger partial charge in [0.25, 0.3) is 0 Å². The van der Waals surface area contributed by atoms with E-state index >= 15 is 0 Å². The predicted octanol–water partition coefficient (Wildman–Crippen LogP) is 5.52. The van der Waals surface area contributed by atoms with Gasteiger partial charge in [-0.3, -0.25) is 9.69 Å². The highest BCUT2D eigenvalue weighted by Gasteiger charge is 2.36. The third-order valence-corrected chi connectivity index (χ3v) is 9.29. The number of rotatable bonds is 13. The molecule has 1 atom stereocenters. The van der Waals surface area contributed by atoms with Crippen LogP contribution in [0.5, 0.6) is 5.75 Å². The van der Waals surface area contributed by atoms with Crippen molar-refractivity contribution in [3.05, 3.63) is 107 Å². The van der Waals surface area contributed by atoms with Crippen molar-refractivity contribution in [2.45, 2.75) is 45.4 Å². The number of nitrogens with zero attached hydrogens (tertiary/aromatic N) is 4. The van der Waals surface area contributed by atoms with E-state index in [0.29, 0.717) is 39.3 Å². The van der Waals surface area contributed by atoms with Crippen LogP contribution in [0.3, 0.4) is 0 Å². The van der Waals surface area contributed by atoms with Crippen molar-refractivity contribution in [3.63, 3.8) is 0 Å². The molecule has 2 amide bonds. The zero-order valence-corrected chi connectivity index (χ0v) is 27.9. The number of likely N-dealkylation sites (tertiary alicyclic amines) is 1. The maximum Gasteiger partial charge on any atom is 0.408 e. The Morgan fingerprint density at radius 3 is 2.25 bits per heavy atom. The van der Waals surface area contributed by atoms with Crippen LogP contribution >= 0.6 is 0 Å². The molecule has 2 fully saturated rings. The van der Waals surface area contributed by atoms with Crippen LogP contribution in [0.1, 0.15) is 42.0 Å². The first kappa shape index (κ1) is 34.7. The molecule has 3 aromatic carbocycles. The number of nitriles is 1. The van der Waals surface area contributed by atoms with E-state index in [-0.39, 0.29) is 18.4 Å². The van der Waals surface area contributed by atoms with Gasteiger partial charge in [0.15, 0.2) is 0 Å². The van der Waals surface area contributed by atoms with Gasteiger partial charge in [-0.25, -0.2) is 4.79 Å². The van der Waals surface area contributed by atoms with Gasteiger partial charge in [-0.15, -0.1) is 0 Å². The number of alkyl carbamates (subject to hydrolysis) is 1. The third-order valence-electron chi connectivity index (χ3n) is 9.29. The smallest absolute Gasteiger partial charge is 0.408 e. The highest BCUT2D eigenvalue weighted by molar-refractivity contribution is 5.86. The molecular weight excluding hydrogens is 602 g/mol. The molecule has 252 valence electrons. The van der Waals surface area contributed by atoms with E-state index in [0.717, 1.165) is 61.3 Å². The normalized spacial score (nSPS) is 16.7. The quantitative estimate of drug-likeness (QED) is 0.244. The molecule has 48 heavy (non-hydrogen) atoms. The van der Waals surface area contributed by atoms with Gasteiger partial charge >= 0.3 is 6.09 Å². The number of amides is 2. The van der Waals surface area contributed by atoms with Gasteiger partial charge in [-0.1, -0.05) is 72.8 Å². The summed E-state index contributed by atoms with van der Waals surface area (Å²) in [5.74, 6) is 0.797. The highest BCUT2D eigenvalue weighted by atomic mass is 16.5. The molecule has 9 heteroatoms. The van der Waals surface area contributed by atoms with Gasteiger partial charge in [0.1, 0.15) is 18.4 Å². The fourth-order valence-corrected chi connectivity index (χ4v) is 6.59. The maximum absolute atomic E-state index is 14.1. The Morgan fingerprint density at radius 2 is 1.58 bits per heavy atom. The number of carbonyl (C=O) groups is 2. The molecule has 0 unspecified atom stereocenters. The molecular formula is C39H47N5O4. The molecule has 5 rings (SSSR count). The molecule has 1 N–H and O–H groups in total. The van der Waals surface area contributed by atoms with Crippen LogP contribution in [-0.4, -0.2) is 85.2 Å². The van der Waals surface area contributed by atoms with Crippen LogP contribution in [0.4, 0.5) is 4.79 Å². The van der Waals surface area contributed by atoms with E-state index in [1.807, 2.05) is 72.5 Å². The molecule has 0 spiro atoms. The minimum absolute atomic E-state index is 0.0281. The number of allylic oxidation sites excluding steroid dienone is 1. The number of hydrogen-bond acceptors (Lipinski definition) is 7. The van der Waals surface area contributed by atoms with Crippen molar-refractivity contribution >= 4 is 18.1 Å². The predicted molar refractivity (Wildman–Crippen MR) is 187 cm³/mol. The van der Waals surface area contributed by atoms with Gasteiger partial charge in [0, 0.05) is 50.9 Å². The maximum atomic E-state index is 14.1. The average Bonchev–Trinajstić information content (AvgIpc) is 3.13. The SMILES string of the molecule is CCOc1cccc(/C=C/C#N)c1CN1CCN(C(=O)[C@H](NC(=O)OCc2ccccc2)C2CCN(CCc3ccccc3)CC2)CC1. The minimum atomic E-state index is -0.641. The summed E-state index contributed by atoms with van der Waals surface area (Å²) in [6, 6.07) is 27.4. The highest BCUT2D eigenvalue weighted by Crippen LogP contribution is 2.27. The first-order valence-electron chi connectivity index (χ1n) is 17.1. The van der Waals surface area contributed by atoms with Crippen molar-refractivity contribution < 1.29 is 19.1 Å². The first-order valence-corrected chi connectivity index (χ1v) is 17.1. The summed E-state index contributed by atoms with van der Waals surface area (Å²) in [4.78, 5) is 33.9. The van der Waals surface area contributed by atoms with Gasteiger partial charge in [0.05, 0.1) is 12.7 Å². The summed E-state index contributed by atoms with van der Waals surface area (Å²) < 4.78 is 11.5. The molecule has 0 aliphatic carbocycles. The van der Waals surface area contributed by atoms with Gasteiger partial charge in [-0.05, 0) is 74.0 Å². The summed E-state index contributed by atoms with van der Waals surface area (Å²) in [6.07, 6.45) is 5.39. The fraction of sp³-hybridized carbons (Fsp3) is 0.410. The summed E-state index contributed by atoms with van der Waals surface area (Å²) in [5, 5.41) is 12.1. The van der Waals surface area contributed by atoms with Crippen molar-refractivity contribution in [3.8, 4) is 11.8 Å². The lowest BCUT2D eigenvalue weighted by Crippen LogP contribution is -2.58. The summed E-state index contributed by atoms with van der Waals surface area (Å²) in [7, 11) is 0. The van der Waals surface area contributed by atoms with Crippen molar-refractivity contribution in [1.29, 1.82) is 5.26 Å². The Kier molecular flexibility index (Phi) is 13.0. The monoisotopic (exact) mass is 649 g/mol. The number of benzene rings is 3. The minimum Gasteiger partial charge on any atom is -0.494 e. The zero-order valence-electron chi connectivity index (χ0n) is 27.9. The number of ether oxygens (including phenoxy) is 2. The van der Waals surface area contributed by atoms with Gasteiger partial charge < -0.3 is 24.6 Å². The van der Waals surface area contributed by atoms with E-state index in [2.05, 4.69) is 45.5 Å². The van der Waals surface area contributed by atoms with E-state index in [1.54, 1.807) is 0 Å². The van der Waals surface area contributed by atoms with Crippen LogP contribution in [-0.2, 0) is 29.1 Å². The molecule has 0 saturated carbocycles. The van der Waals surface area contributed by atoms with Crippen LogP contribution in [0, 0.1) is 17.2 Å². The number of nitrogens with one attached hydrogen (secondary N) is 1. The largest absolute Gasteiger partial charge is 0.494 e. The van der Waals surface area contributed by atoms with Crippen molar-refractivity contribution in [2.75, 3.05) is 52.4 Å². The van der Waals surface area contributed by atoms with Crippen LogP contribution in [0.15, 0.2) is 84.9 Å². The summed E-state index contributed by atoms with van der Waals surface area (Å²) in [5.41, 5.74) is 4.21. The van der Waals surface area contributed by atoms with Crippen LogP contribution in [0.2, 0.25) is 0 Å². The topological polar surface area (TPSA) is 98.1 Å². The molecule has 3 aromatic rings. The Morgan fingerprint density at radius 1 is 0.896 bits per heavy atom. The molecule has 2 saturated heterocycles. The Bertz CT molecular complexity index is 1520. The Labute approximate surface area is 284 Å². The second-order valence-electron chi connectivity index (χ2n) is 12.4. The molecule has 2 aliphatic rings. The lowest BCUT2D eigenvalue weighted by molar-refractivity contribution is -0.137. The van der Waals surface area contributed by atoms with Crippen LogP contribution < -0.4 is 10.1 Å². The van der Waals surface area contributed by atoms with E-state index in [9.17, 15) is 9.59 Å².